The van der Waals surface area contributed by atoms with Gasteiger partial charge < -0.3 is 0 Å². The van der Waals surface area contributed by atoms with Gasteiger partial charge in [-0.2, -0.15) is 13.2 Å². The number of rotatable bonds is 1. The molecule has 17 heavy (non-hydrogen) atoms. The van der Waals surface area contributed by atoms with Crippen LogP contribution in [0.2, 0.25) is 0 Å². The van der Waals surface area contributed by atoms with Crippen molar-refractivity contribution in [3.8, 4) is 0 Å². The van der Waals surface area contributed by atoms with Crippen molar-refractivity contribution in [2.75, 3.05) is 0 Å². The maximum atomic E-state index is 12.4. The molecule has 1 N–H and O–H groups in total. The Balaban J connectivity index is 2.70. The molecule has 0 aliphatic rings. The molecule has 92 valence electrons. The van der Waals surface area contributed by atoms with Gasteiger partial charge >= 0.3 is 6.18 Å². The van der Waals surface area contributed by atoms with Crippen LogP contribution in [-0.2, 0) is 6.18 Å². The number of halogens is 3. The molecule has 0 saturated carbocycles. The number of aromatic amines is 1. The molecule has 0 atom stereocenters. The van der Waals surface area contributed by atoms with Gasteiger partial charge in [-0.1, -0.05) is 13.8 Å². The highest BCUT2D eigenvalue weighted by Crippen LogP contribution is 2.27. The standard InChI is InChI=1S/C10H10F3N3O/c1-5(2)6-3-8-14-7(10(11,12)13)4-9(17)16(8)15-6/h3-5,15H,1-2H3. The van der Waals surface area contributed by atoms with E-state index in [0.717, 1.165) is 4.52 Å². The van der Waals surface area contributed by atoms with Gasteiger partial charge in [-0.05, 0) is 5.92 Å². The van der Waals surface area contributed by atoms with Crippen LogP contribution in [-0.4, -0.2) is 14.6 Å². The highest BCUT2D eigenvalue weighted by Gasteiger charge is 2.33. The molecule has 0 saturated heterocycles. The summed E-state index contributed by atoms with van der Waals surface area (Å²) in [7, 11) is 0. The predicted molar refractivity (Wildman–Crippen MR) is 54.9 cm³/mol. The Hall–Kier alpha value is -1.79. The van der Waals surface area contributed by atoms with Crippen molar-refractivity contribution in [1.82, 2.24) is 14.6 Å². The first-order chi connectivity index (χ1) is 7.79. The Bertz CT molecular complexity index is 609. The highest BCUT2D eigenvalue weighted by molar-refractivity contribution is 5.40. The van der Waals surface area contributed by atoms with Crippen LogP contribution < -0.4 is 5.56 Å². The summed E-state index contributed by atoms with van der Waals surface area (Å²) in [6.07, 6.45) is -4.61. The lowest BCUT2D eigenvalue weighted by Crippen LogP contribution is -2.19. The van der Waals surface area contributed by atoms with E-state index >= 15 is 0 Å². The predicted octanol–water partition coefficient (Wildman–Crippen LogP) is 2.16. The zero-order chi connectivity index (χ0) is 12.8. The number of alkyl halides is 3. The van der Waals surface area contributed by atoms with E-state index < -0.39 is 17.4 Å². The SMILES string of the molecule is CC(C)c1cc2nc(C(F)(F)F)cc(=O)n2[nH]1. The molecular formula is C10H10F3N3O. The van der Waals surface area contributed by atoms with E-state index in [4.69, 9.17) is 0 Å². The van der Waals surface area contributed by atoms with Crippen molar-refractivity contribution in [1.29, 1.82) is 0 Å². The number of hydrogen-bond donors (Lipinski definition) is 1. The van der Waals surface area contributed by atoms with Crippen LogP contribution in [0.25, 0.3) is 5.65 Å². The van der Waals surface area contributed by atoms with Crippen LogP contribution in [0.1, 0.15) is 31.2 Å². The third-order valence-electron chi connectivity index (χ3n) is 2.38. The number of nitrogens with zero attached hydrogens (tertiary/aromatic N) is 2. The summed E-state index contributed by atoms with van der Waals surface area (Å²) in [6.45, 7) is 3.72. The van der Waals surface area contributed by atoms with E-state index in [1.165, 1.54) is 6.07 Å². The molecule has 4 nitrogen and oxygen atoms in total. The fourth-order valence-corrected chi connectivity index (χ4v) is 1.45. The van der Waals surface area contributed by atoms with E-state index in [2.05, 4.69) is 10.1 Å². The second kappa shape index (κ2) is 3.61. The number of aromatic nitrogens is 3. The van der Waals surface area contributed by atoms with E-state index in [9.17, 15) is 18.0 Å². The van der Waals surface area contributed by atoms with Crippen LogP contribution in [0, 0.1) is 0 Å². The highest BCUT2D eigenvalue weighted by atomic mass is 19.4. The van der Waals surface area contributed by atoms with E-state index in [1.807, 2.05) is 13.8 Å². The maximum absolute atomic E-state index is 12.4. The lowest BCUT2D eigenvalue weighted by Gasteiger charge is -2.04. The van der Waals surface area contributed by atoms with Gasteiger partial charge in [0.25, 0.3) is 5.56 Å². The maximum Gasteiger partial charge on any atom is 0.433 e. The summed E-state index contributed by atoms with van der Waals surface area (Å²) in [5, 5.41) is 2.72. The molecule has 0 unspecified atom stereocenters. The monoisotopic (exact) mass is 245 g/mol. The van der Waals surface area contributed by atoms with Gasteiger partial charge in [-0.25, -0.2) is 9.50 Å². The normalized spacial score (nSPS) is 12.6. The summed E-state index contributed by atoms with van der Waals surface area (Å²) in [5.74, 6) is 0.0745. The Labute approximate surface area is 94.1 Å². The Kier molecular flexibility index (Phi) is 2.48. The van der Waals surface area contributed by atoms with Crippen molar-refractivity contribution in [2.24, 2.45) is 0 Å². The number of fused-ring (bicyclic) bond motifs is 1. The molecule has 2 aromatic rings. The van der Waals surface area contributed by atoms with Gasteiger partial charge in [0.1, 0.15) is 0 Å². The Morgan fingerprint density at radius 3 is 2.53 bits per heavy atom. The third kappa shape index (κ3) is 2.04. The van der Waals surface area contributed by atoms with Crippen molar-refractivity contribution >= 4 is 5.65 Å². The van der Waals surface area contributed by atoms with Crippen molar-refractivity contribution < 1.29 is 13.2 Å². The summed E-state index contributed by atoms with van der Waals surface area (Å²) in [4.78, 5) is 14.9. The third-order valence-corrected chi connectivity index (χ3v) is 2.38. The Morgan fingerprint density at radius 1 is 1.35 bits per heavy atom. The molecule has 2 rings (SSSR count). The molecule has 0 fully saturated rings. The molecule has 7 heteroatoms. The molecule has 0 spiro atoms. The zero-order valence-corrected chi connectivity index (χ0v) is 9.17. The van der Waals surface area contributed by atoms with Gasteiger partial charge in [-0.15, -0.1) is 0 Å². The lowest BCUT2D eigenvalue weighted by molar-refractivity contribution is -0.141. The molecule has 0 radical (unpaired) electrons. The molecule has 0 bridgehead atoms. The minimum absolute atomic E-state index is 0.0199. The first-order valence-electron chi connectivity index (χ1n) is 4.99. The number of H-pyrrole nitrogens is 1. The number of nitrogens with one attached hydrogen (secondary N) is 1. The van der Waals surface area contributed by atoms with Gasteiger partial charge in [0.05, 0.1) is 0 Å². The Morgan fingerprint density at radius 2 is 2.00 bits per heavy atom. The zero-order valence-electron chi connectivity index (χ0n) is 9.17. The average molecular weight is 245 g/mol. The number of hydrogen-bond acceptors (Lipinski definition) is 2. The second-order valence-corrected chi connectivity index (χ2v) is 4.04. The fraction of sp³-hybridized carbons (Fsp3) is 0.400. The first-order valence-corrected chi connectivity index (χ1v) is 4.99. The fourth-order valence-electron chi connectivity index (χ4n) is 1.45. The van der Waals surface area contributed by atoms with E-state index in [1.54, 1.807) is 0 Å². The van der Waals surface area contributed by atoms with Crippen LogP contribution in [0.5, 0.6) is 0 Å². The van der Waals surface area contributed by atoms with E-state index in [-0.39, 0.29) is 11.6 Å². The smallest absolute Gasteiger partial charge is 0.293 e. The van der Waals surface area contributed by atoms with E-state index in [0.29, 0.717) is 11.8 Å². The summed E-state index contributed by atoms with van der Waals surface area (Å²) in [5.41, 5.74) is -1.30. The molecule has 0 amide bonds. The average Bonchev–Trinajstić information content (AvgIpc) is 2.60. The van der Waals surface area contributed by atoms with Gasteiger partial charge in [-0.3, -0.25) is 9.89 Å². The minimum Gasteiger partial charge on any atom is -0.293 e. The molecule has 0 aromatic carbocycles. The van der Waals surface area contributed by atoms with Crippen LogP contribution in [0.15, 0.2) is 16.9 Å². The summed E-state index contributed by atoms with van der Waals surface area (Å²) in [6, 6.07) is 1.93. The van der Waals surface area contributed by atoms with Crippen molar-refractivity contribution in [3.63, 3.8) is 0 Å². The lowest BCUT2D eigenvalue weighted by atomic mass is 10.1. The van der Waals surface area contributed by atoms with Gasteiger partial charge in [0.2, 0.25) is 0 Å². The van der Waals surface area contributed by atoms with Crippen molar-refractivity contribution in [3.05, 3.63) is 33.9 Å². The quantitative estimate of drug-likeness (QED) is 0.837. The minimum atomic E-state index is -4.61. The molecule has 2 aromatic heterocycles. The second-order valence-electron chi connectivity index (χ2n) is 4.04. The molecular weight excluding hydrogens is 235 g/mol. The molecule has 2 heterocycles. The van der Waals surface area contributed by atoms with Crippen LogP contribution >= 0.6 is 0 Å². The summed E-state index contributed by atoms with van der Waals surface area (Å²) < 4.78 is 38.3. The van der Waals surface area contributed by atoms with Crippen LogP contribution in [0.3, 0.4) is 0 Å². The van der Waals surface area contributed by atoms with Crippen molar-refractivity contribution in [2.45, 2.75) is 25.9 Å². The van der Waals surface area contributed by atoms with Gasteiger partial charge in [0, 0.05) is 17.8 Å². The van der Waals surface area contributed by atoms with Crippen LogP contribution in [0.4, 0.5) is 13.2 Å². The topological polar surface area (TPSA) is 50.2 Å². The summed E-state index contributed by atoms with van der Waals surface area (Å²) >= 11 is 0. The first kappa shape index (κ1) is 11.7. The molecule has 0 aliphatic carbocycles. The molecule has 0 aliphatic heterocycles. The van der Waals surface area contributed by atoms with Gasteiger partial charge in [0.15, 0.2) is 11.3 Å². The largest absolute Gasteiger partial charge is 0.433 e.